The van der Waals surface area contributed by atoms with E-state index in [1.54, 1.807) is 0 Å². The monoisotopic (exact) mass is 297 g/mol. The lowest BCUT2D eigenvalue weighted by Crippen LogP contribution is -2.26. The Labute approximate surface area is 121 Å². The first-order chi connectivity index (χ1) is 9.99. The van der Waals surface area contributed by atoms with Gasteiger partial charge in [-0.2, -0.15) is 0 Å². The van der Waals surface area contributed by atoms with Gasteiger partial charge in [0, 0.05) is 30.4 Å². The lowest BCUT2D eigenvalue weighted by molar-refractivity contribution is -0.137. The zero-order valence-corrected chi connectivity index (χ0v) is 11.4. The number of carboxylic acids is 1. The molecule has 21 heavy (non-hydrogen) atoms. The SMILES string of the molecule is O=C(O)CCCCC(=O)NC1CC1c1c(F)cccc1F. The topological polar surface area (TPSA) is 66.4 Å². The standard InChI is InChI=1S/C15H17F2NO3/c16-10-4-3-5-11(17)15(10)9-8-12(9)18-13(19)6-1-2-7-14(20)21/h3-5,9,12H,1-2,6-8H2,(H,18,19)(H,20,21). The quantitative estimate of drug-likeness (QED) is 0.760. The maximum Gasteiger partial charge on any atom is 0.303 e. The molecule has 0 aliphatic heterocycles. The van der Waals surface area contributed by atoms with Crippen LogP contribution in [0.15, 0.2) is 18.2 Å². The molecule has 1 amide bonds. The summed E-state index contributed by atoms with van der Waals surface area (Å²) < 4.78 is 27.1. The van der Waals surface area contributed by atoms with Crippen molar-refractivity contribution in [2.75, 3.05) is 0 Å². The zero-order chi connectivity index (χ0) is 15.4. The summed E-state index contributed by atoms with van der Waals surface area (Å²) in [5.41, 5.74) is 0.0358. The minimum atomic E-state index is -0.882. The average molecular weight is 297 g/mol. The highest BCUT2D eigenvalue weighted by Crippen LogP contribution is 2.43. The number of halogens is 2. The molecular formula is C15H17F2NO3. The molecule has 0 spiro atoms. The highest BCUT2D eigenvalue weighted by atomic mass is 19.1. The summed E-state index contributed by atoms with van der Waals surface area (Å²) in [7, 11) is 0. The number of aliphatic carboxylic acids is 1. The number of rotatable bonds is 7. The largest absolute Gasteiger partial charge is 0.481 e. The number of carbonyl (C=O) groups excluding carboxylic acids is 1. The van der Waals surface area contributed by atoms with Crippen LogP contribution in [0, 0.1) is 11.6 Å². The van der Waals surface area contributed by atoms with Crippen LogP contribution >= 0.6 is 0 Å². The zero-order valence-electron chi connectivity index (χ0n) is 11.4. The molecule has 0 radical (unpaired) electrons. The number of hydrogen-bond acceptors (Lipinski definition) is 2. The Hall–Kier alpha value is -1.98. The smallest absolute Gasteiger partial charge is 0.303 e. The Kier molecular flexibility index (Phi) is 4.88. The van der Waals surface area contributed by atoms with Crippen LogP contribution in [0.4, 0.5) is 8.78 Å². The molecule has 1 aliphatic rings. The second-order valence-corrected chi connectivity index (χ2v) is 5.25. The van der Waals surface area contributed by atoms with Crippen LogP contribution in [0.2, 0.25) is 0 Å². The Morgan fingerprint density at radius 2 is 1.81 bits per heavy atom. The minimum Gasteiger partial charge on any atom is -0.481 e. The first-order valence-corrected chi connectivity index (χ1v) is 6.94. The summed E-state index contributed by atoms with van der Waals surface area (Å²) >= 11 is 0. The fourth-order valence-electron chi connectivity index (χ4n) is 2.38. The number of carboxylic acid groups (broad SMARTS) is 1. The van der Waals surface area contributed by atoms with Crippen molar-refractivity contribution in [2.24, 2.45) is 0 Å². The van der Waals surface area contributed by atoms with Crippen LogP contribution in [0.1, 0.15) is 43.6 Å². The summed E-state index contributed by atoms with van der Waals surface area (Å²) in [6.07, 6.45) is 1.73. The number of unbranched alkanes of at least 4 members (excludes halogenated alkanes) is 1. The Balaban J connectivity index is 1.76. The number of hydrogen-bond donors (Lipinski definition) is 2. The molecule has 114 valence electrons. The van der Waals surface area contributed by atoms with Gasteiger partial charge in [-0.15, -0.1) is 0 Å². The van der Waals surface area contributed by atoms with Gasteiger partial charge in [0.2, 0.25) is 5.91 Å². The van der Waals surface area contributed by atoms with Crippen molar-refractivity contribution in [1.82, 2.24) is 5.32 Å². The van der Waals surface area contributed by atoms with Crippen molar-refractivity contribution in [3.05, 3.63) is 35.4 Å². The van der Waals surface area contributed by atoms with E-state index in [1.807, 2.05) is 0 Å². The molecule has 2 N–H and O–H groups in total. The van der Waals surface area contributed by atoms with E-state index in [2.05, 4.69) is 5.32 Å². The van der Waals surface area contributed by atoms with E-state index < -0.39 is 17.6 Å². The molecule has 0 heterocycles. The van der Waals surface area contributed by atoms with Crippen molar-refractivity contribution < 1.29 is 23.5 Å². The van der Waals surface area contributed by atoms with Gasteiger partial charge in [-0.3, -0.25) is 9.59 Å². The van der Waals surface area contributed by atoms with Gasteiger partial charge in [0.25, 0.3) is 0 Å². The van der Waals surface area contributed by atoms with E-state index in [0.29, 0.717) is 19.3 Å². The van der Waals surface area contributed by atoms with Gasteiger partial charge in [0.1, 0.15) is 11.6 Å². The van der Waals surface area contributed by atoms with Crippen molar-refractivity contribution in [1.29, 1.82) is 0 Å². The highest BCUT2D eigenvalue weighted by Gasteiger charge is 2.42. The van der Waals surface area contributed by atoms with Crippen LogP contribution in [0.5, 0.6) is 0 Å². The molecule has 2 rings (SSSR count). The number of nitrogens with one attached hydrogen (secondary N) is 1. The second-order valence-electron chi connectivity index (χ2n) is 5.25. The van der Waals surface area contributed by atoms with Gasteiger partial charge >= 0.3 is 5.97 Å². The predicted octanol–water partition coefficient (Wildman–Crippen LogP) is 2.58. The van der Waals surface area contributed by atoms with Crippen molar-refractivity contribution in [2.45, 2.75) is 44.1 Å². The molecule has 0 aromatic heterocycles. The first kappa shape index (κ1) is 15.4. The predicted molar refractivity (Wildman–Crippen MR) is 71.8 cm³/mol. The molecule has 2 atom stereocenters. The Morgan fingerprint density at radius 1 is 1.19 bits per heavy atom. The third-order valence-corrected chi connectivity index (χ3v) is 3.55. The lowest BCUT2D eigenvalue weighted by Gasteiger charge is -2.06. The third-order valence-electron chi connectivity index (χ3n) is 3.55. The summed E-state index contributed by atoms with van der Waals surface area (Å²) in [5.74, 6) is -2.57. The molecule has 4 nitrogen and oxygen atoms in total. The Bertz CT molecular complexity index is 527. The molecule has 1 aromatic carbocycles. The summed E-state index contributed by atoms with van der Waals surface area (Å²) in [6, 6.07) is 3.50. The second kappa shape index (κ2) is 6.65. The van der Waals surface area contributed by atoms with E-state index in [4.69, 9.17) is 5.11 Å². The minimum absolute atomic E-state index is 0.0358. The van der Waals surface area contributed by atoms with Crippen LogP contribution < -0.4 is 5.32 Å². The third kappa shape index (κ3) is 4.24. The normalized spacial score (nSPS) is 20.1. The maximum absolute atomic E-state index is 13.6. The molecule has 0 bridgehead atoms. The van der Waals surface area contributed by atoms with Crippen molar-refractivity contribution in [3.8, 4) is 0 Å². The van der Waals surface area contributed by atoms with Crippen LogP contribution in [-0.4, -0.2) is 23.0 Å². The van der Waals surface area contributed by atoms with E-state index in [-0.39, 0.29) is 36.3 Å². The van der Waals surface area contributed by atoms with Crippen LogP contribution in [0.3, 0.4) is 0 Å². The molecule has 2 unspecified atom stereocenters. The van der Waals surface area contributed by atoms with Gasteiger partial charge in [-0.05, 0) is 31.4 Å². The van der Waals surface area contributed by atoms with Crippen LogP contribution in [0.25, 0.3) is 0 Å². The molecule has 1 aromatic rings. The van der Waals surface area contributed by atoms with Gasteiger partial charge < -0.3 is 10.4 Å². The van der Waals surface area contributed by atoms with Gasteiger partial charge in [0.15, 0.2) is 0 Å². The fraction of sp³-hybridized carbons (Fsp3) is 0.467. The molecule has 1 fully saturated rings. The molecular weight excluding hydrogens is 280 g/mol. The number of carbonyl (C=O) groups is 2. The van der Waals surface area contributed by atoms with Crippen LogP contribution in [-0.2, 0) is 9.59 Å². The van der Waals surface area contributed by atoms with Crippen molar-refractivity contribution >= 4 is 11.9 Å². The summed E-state index contributed by atoms with van der Waals surface area (Å²) in [5, 5.41) is 11.2. The maximum atomic E-state index is 13.6. The number of amides is 1. The number of benzene rings is 1. The van der Waals surface area contributed by atoms with E-state index in [1.165, 1.54) is 18.2 Å². The molecule has 6 heteroatoms. The average Bonchev–Trinajstić information content (AvgIpc) is 3.13. The fourth-order valence-corrected chi connectivity index (χ4v) is 2.38. The Morgan fingerprint density at radius 3 is 2.43 bits per heavy atom. The van der Waals surface area contributed by atoms with E-state index in [0.717, 1.165) is 0 Å². The van der Waals surface area contributed by atoms with E-state index in [9.17, 15) is 18.4 Å². The highest BCUT2D eigenvalue weighted by molar-refractivity contribution is 5.77. The molecule has 0 saturated heterocycles. The van der Waals surface area contributed by atoms with Gasteiger partial charge in [-0.25, -0.2) is 8.78 Å². The first-order valence-electron chi connectivity index (χ1n) is 6.94. The van der Waals surface area contributed by atoms with Gasteiger partial charge in [-0.1, -0.05) is 6.07 Å². The lowest BCUT2D eigenvalue weighted by atomic mass is 10.1. The molecule has 1 saturated carbocycles. The van der Waals surface area contributed by atoms with Gasteiger partial charge in [0.05, 0.1) is 0 Å². The summed E-state index contributed by atoms with van der Waals surface area (Å²) in [4.78, 5) is 22.0. The van der Waals surface area contributed by atoms with E-state index >= 15 is 0 Å². The molecule has 1 aliphatic carbocycles. The van der Waals surface area contributed by atoms with Crippen molar-refractivity contribution in [3.63, 3.8) is 0 Å². The summed E-state index contributed by atoms with van der Waals surface area (Å²) in [6.45, 7) is 0.